The highest BCUT2D eigenvalue weighted by Gasteiger charge is 2.50. The van der Waals surface area contributed by atoms with Gasteiger partial charge in [0.2, 0.25) is 0 Å². The summed E-state index contributed by atoms with van der Waals surface area (Å²) in [6.45, 7) is 1.53. The Bertz CT molecular complexity index is 669. The Morgan fingerprint density at radius 3 is 2.19 bits per heavy atom. The predicted molar refractivity (Wildman–Crippen MR) is 74.9 cm³/mol. The topological polar surface area (TPSA) is 91.7 Å². The van der Waals surface area contributed by atoms with Crippen LogP contribution in [0, 0.1) is 5.41 Å². The summed E-state index contributed by atoms with van der Waals surface area (Å²) in [7, 11) is 0. The molecule has 0 heterocycles. The Kier molecular flexibility index (Phi) is 3.76. The third kappa shape index (κ3) is 2.38. The highest BCUT2D eigenvalue weighted by Crippen LogP contribution is 2.41. The molecule has 1 unspecified atom stereocenters. The first kappa shape index (κ1) is 14.7. The summed E-state index contributed by atoms with van der Waals surface area (Å²) in [6, 6.07) is 8.05. The molecular weight excluding hydrogens is 272 g/mol. The zero-order valence-electron chi connectivity index (χ0n) is 11.4. The predicted octanol–water partition coefficient (Wildman–Crippen LogP) is 2.30. The lowest BCUT2D eigenvalue weighted by Crippen LogP contribution is -2.42. The van der Waals surface area contributed by atoms with E-state index in [2.05, 4.69) is 0 Å². The van der Waals surface area contributed by atoms with E-state index in [-0.39, 0.29) is 17.6 Å². The zero-order chi connectivity index (χ0) is 15.6. The van der Waals surface area contributed by atoms with Crippen molar-refractivity contribution in [1.29, 1.82) is 0 Å². The molecule has 1 aromatic carbocycles. The van der Waals surface area contributed by atoms with Crippen molar-refractivity contribution in [3.8, 4) is 0 Å². The van der Waals surface area contributed by atoms with Gasteiger partial charge in [0.1, 0.15) is 0 Å². The Hall–Kier alpha value is -2.69. The van der Waals surface area contributed by atoms with Crippen molar-refractivity contribution in [1.82, 2.24) is 0 Å². The van der Waals surface area contributed by atoms with Gasteiger partial charge in [-0.25, -0.2) is 4.79 Å². The van der Waals surface area contributed by atoms with Crippen LogP contribution >= 0.6 is 0 Å². The molecule has 1 atom stereocenters. The van der Waals surface area contributed by atoms with Gasteiger partial charge >= 0.3 is 11.9 Å². The quantitative estimate of drug-likeness (QED) is 0.654. The number of ketones is 1. The molecule has 21 heavy (non-hydrogen) atoms. The summed E-state index contributed by atoms with van der Waals surface area (Å²) < 4.78 is 0. The first-order valence-corrected chi connectivity index (χ1v) is 6.34. The summed E-state index contributed by atoms with van der Waals surface area (Å²) in [5, 5.41) is 18.7. The van der Waals surface area contributed by atoms with Crippen LogP contribution in [0.4, 0.5) is 0 Å². The normalized spacial score (nSPS) is 21.2. The Labute approximate surface area is 121 Å². The van der Waals surface area contributed by atoms with E-state index >= 15 is 0 Å². The third-order valence-electron chi connectivity index (χ3n) is 3.73. The fourth-order valence-corrected chi connectivity index (χ4v) is 2.44. The minimum absolute atomic E-state index is 0.0905. The number of benzene rings is 1. The molecule has 1 aromatic rings. The molecule has 2 rings (SSSR count). The second-order valence-electron chi connectivity index (χ2n) is 4.93. The number of rotatable bonds is 4. The van der Waals surface area contributed by atoms with E-state index in [9.17, 15) is 19.5 Å². The molecule has 0 fully saturated rings. The molecule has 0 spiro atoms. The van der Waals surface area contributed by atoms with E-state index < -0.39 is 23.1 Å². The lowest BCUT2D eigenvalue weighted by molar-refractivity contribution is -0.144. The van der Waals surface area contributed by atoms with Crippen LogP contribution in [-0.2, 0) is 9.59 Å². The van der Waals surface area contributed by atoms with Crippen molar-refractivity contribution in [3.05, 3.63) is 59.2 Å². The van der Waals surface area contributed by atoms with Gasteiger partial charge in [-0.05, 0) is 12.5 Å². The fourth-order valence-electron chi connectivity index (χ4n) is 2.44. The second kappa shape index (κ2) is 5.36. The van der Waals surface area contributed by atoms with Crippen LogP contribution in [0.15, 0.2) is 53.6 Å². The lowest BCUT2D eigenvalue weighted by Gasteiger charge is -2.31. The number of Topliss-reactive ketones (excluding diaryl/α,β-unsaturated/α-hetero) is 1. The van der Waals surface area contributed by atoms with Crippen molar-refractivity contribution >= 4 is 17.7 Å². The number of carbonyl (C=O) groups excluding carboxylic acids is 1. The molecule has 1 aliphatic carbocycles. The van der Waals surface area contributed by atoms with Gasteiger partial charge in [0.25, 0.3) is 0 Å². The van der Waals surface area contributed by atoms with Gasteiger partial charge in [-0.3, -0.25) is 9.59 Å². The van der Waals surface area contributed by atoms with Crippen molar-refractivity contribution in [3.63, 3.8) is 0 Å². The molecule has 0 aromatic heterocycles. The van der Waals surface area contributed by atoms with Crippen molar-refractivity contribution in [2.24, 2.45) is 5.41 Å². The molecule has 0 radical (unpaired) electrons. The molecule has 0 aliphatic heterocycles. The number of hydrogen-bond acceptors (Lipinski definition) is 3. The zero-order valence-corrected chi connectivity index (χ0v) is 11.4. The number of allylic oxidation sites excluding steroid dienone is 2. The van der Waals surface area contributed by atoms with Crippen molar-refractivity contribution in [2.75, 3.05) is 0 Å². The maximum absolute atomic E-state index is 12.7. The summed E-state index contributed by atoms with van der Waals surface area (Å²) >= 11 is 0. The largest absolute Gasteiger partial charge is 0.480 e. The standard InChI is InChI=1S/C16H14O5/c1-10-7-8-12(14(18)19)9-16(10,15(20)21)13(17)11-5-3-2-4-6-11/h2-8H,9H2,1H3,(H,18,19)(H,20,21). The van der Waals surface area contributed by atoms with E-state index in [1.165, 1.54) is 31.2 Å². The number of carboxylic acids is 2. The van der Waals surface area contributed by atoms with E-state index in [4.69, 9.17) is 5.11 Å². The molecular formula is C16H14O5. The van der Waals surface area contributed by atoms with Crippen LogP contribution in [-0.4, -0.2) is 27.9 Å². The Morgan fingerprint density at radius 1 is 1.05 bits per heavy atom. The van der Waals surface area contributed by atoms with Gasteiger partial charge < -0.3 is 10.2 Å². The minimum Gasteiger partial charge on any atom is -0.480 e. The van der Waals surface area contributed by atoms with Crippen LogP contribution in [0.1, 0.15) is 23.7 Å². The molecule has 0 amide bonds. The maximum Gasteiger partial charge on any atom is 0.331 e. The van der Waals surface area contributed by atoms with Crippen LogP contribution < -0.4 is 0 Å². The smallest absolute Gasteiger partial charge is 0.331 e. The second-order valence-corrected chi connectivity index (χ2v) is 4.93. The highest BCUT2D eigenvalue weighted by molar-refractivity contribution is 6.15. The van der Waals surface area contributed by atoms with Crippen LogP contribution in [0.25, 0.3) is 0 Å². The molecule has 5 nitrogen and oxygen atoms in total. The van der Waals surface area contributed by atoms with Gasteiger partial charge in [-0.2, -0.15) is 0 Å². The summed E-state index contributed by atoms with van der Waals surface area (Å²) in [5.74, 6) is -3.15. The molecule has 0 saturated carbocycles. The molecule has 1 aliphatic rings. The van der Waals surface area contributed by atoms with E-state index in [0.29, 0.717) is 5.57 Å². The van der Waals surface area contributed by atoms with Gasteiger partial charge in [0.05, 0.1) is 0 Å². The SMILES string of the molecule is CC1=CC=C(C(=O)O)CC1(C(=O)O)C(=O)c1ccccc1. The molecule has 2 N–H and O–H groups in total. The van der Waals surface area contributed by atoms with Crippen molar-refractivity contribution in [2.45, 2.75) is 13.3 Å². The maximum atomic E-state index is 12.7. The lowest BCUT2D eigenvalue weighted by atomic mass is 9.68. The fraction of sp³-hybridized carbons (Fsp3) is 0.188. The first-order valence-electron chi connectivity index (χ1n) is 6.34. The minimum atomic E-state index is -1.86. The number of carbonyl (C=O) groups is 3. The molecule has 5 heteroatoms. The number of carboxylic acid groups (broad SMARTS) is 2. The number of hydrogen-bond donors (Lipinski definition) is 2. The first-order chi connectivity index (χ1) is 9.89. The Morgan fingerprint density at radius 2 is 1.67 bits per heavy atom. The highest BCUT2D eigenvalue weighted by atomic mass is 16.4. The van der Waals surface area contributed by atoms with Crippen molar-refractivity contribution < 1.29 is 24.6 Å². The Balaban J connectivity index is 2.56. The van der Waals surface area contributed by atoms with Gasteiger partial charge in [0, 0.05) is 17.6 Å². The molecule has 0 saturated heterocycles. The summed E-state index contributed by atoms with van der Waals surface area (Å²) in [6.07, 6.45) is 2.38. The van der Waals surface area contributed by atoms with E-state index in [1.807, 2.05) is 0 Å². The van der Waals surface area contributed by atoms with Crippen LogP contribution in [0.5, 0.6) is 0 Å². The average Bonchev–Trinajstić information content (AvgIpc) is 2.47. The van der Waals surface area contributed by atoms with Crippen LogP contribution in [0.3, 0.4) is 0 Å². The molecule has 108 valence electrons. The van der Waals surface area contributed by atoms with E-state index in [0.717, 1.165) is 0 Å². The van der Waals surface area contributed by atoms with Gasteiger partial charge in [-0.15, -0.1) is 0 Å². The van der Waals surface area contributed by atoms with Gasteiger partial charge in [-0.1, -0.05) is 42.5 Å². The third-order valence-corrected chi connectivity index (χ3v) is 3.73. The van der Waals surface area contributed by atoms with Crippen LogP contribution in [0.2, 0.25) is 0 Å². The number of aliphatic carboxylic acids is 2. The summed E-state index contributed by atoms with van der Waals surface area (Å²) in [4.78, 5) is 35.6. The summed E-state index contributed by atoms with van der Waals surface area (Å²) in [5.41, 5.74) is -1.37. The monoisotopic (exact) mass is 286 g/mol. The van der Waals surface area contributed by atoms with Gasteiger partial charge in [0.15, 0.2) is 11.2 Å². The molecule has 0 bridgehead atoms. The average molecular weight is 286 g/mol. The van der Waals surface area contributed by atoms with E-state index in [1.54, 1.807) is 18.2 Å².